The predicted octanol–water partition coefficient (Wildman–Crippen LogP) is -0.240. The number of hydrogen-bond acceptors (Lipinski definition) is 7. The van der Waals surface area contributed by atoms with Crippen LogP contribution in [0.1, 0.15) is 5.56 Å². The number of H-pyrrole nitrogens is 1. The number of aryl methyl sites for hydroxylation is 1. The molecule has 0 atom stereocenters. The van der Waals surface area contributed by atoms with Crippen LogP contribution in [0, 0.1) is 6.92 Å². The number of hydrogen-bond donors (Lipinski definition) is 2. The molecule has 2 rings (SSSR count). The molecular weight excluding hydrogens is 268 g/mol. The third kappa shape index (κ3) is 2.65. The average molecular weight is 280 g/mol. The van der Waals surface area contributed by atoms with Crippen LogP contribution in [0.3, 0.4) is 0 Å². The Morgan fingerprint density at radius 3 is 2.79 bits per heavy atom. The van der Waals surface area contributed by atoms with Crippen molar-refractivity contribution in [1.82, 2.24) is 24.7 Å². The Kier molecular flexibility index (Phi) is 3.65. The molecule has 0 unspecified atom stereocenters. The maximum atomic E-state index is 11.3. The molecule has 0 spiro atoms. The van der Waals surface area contributed by atoms with E-state index in [1.807, 2.05) is 6.92 Å². The molecule has 8 nitrogen and oxygen atoms in total. The van der Waals surface area contributed by atoms with Gasteiger partial charge in [-0.05, 0) is 18.7 Å². The Bertz CT molecular complexity index is 723. The van der Waals surface area contributed by atoms with Crippen molar-refractivity contribution in [3.63, 3.8) is 0 Å². The van der Waals surface area contributed by atoms with Gasteiger partial charge in [-0.15, -0.1) is 0 Å². The van der Waals surface area contributed by atoms with E-state index in [0.29, 0.717) is 16.0 Å². The Balaban J connectivity index is 2.45. The quantitative estimate of drug-likeness (QED) is 0.590. The minimum absolute atomic E-state index is 0.355. The normalized spacial score (nSPS) is 10.5. The molecule has 0 aromatic carbocycles. The second kappa shape index (κ2) is 5.22. The van der Waals surface area contributed by atoms with Crippen LogP contribution in [0.2, 0.25) is 0 Å². The molecule has 2 aromatic rings. The second-order valence-corrected chi connectivity index (χ2v) is 4.66. The molecule has 0 aliphatic carbocycles. The van der Waals surface area contributed by atoms with Crippen LogP contribution in [0.5, 0.6) is 0 Å². The largest absolute Gasteiger partial charge is 0.373 e. The first-order chi connectivity index (χ1) is 9.02. The standard InChI is InChI=1S/C10H12N6O2S/c1-5-6(11-2)12-4-13-9(5)19-10-14-7(17)8(18)15-16(10)3/h4H,1-3H3,(H,15,18)(H,11,12,13). The highest BCUT2D eigenvalue weighted by molar-refractivity contribution is 7.99. The van der Waals surface area contributed by atoms with Gasteiger partial charge >= 0.3 is 11.1 Å². The summed E-state index contributed by atoms with van der Waals surface area (Å²) in [5, 5.41) is 6.34. The molecule has 0 bridgehead atoms. The number of nitrogens with one attached hydrogen (secondary N) is 2. The summed E-state index contributed by atoms with van der Waals surface area (Å²) in [6.45, 7) is 1.86. The summed E-state index contributed by atoms with van der Waals surface area (Å²) in [5.74, 6) is 0.701. The third-order valence-electron chi connectivity index (χ3n) is 2.41. The van der Waals surface area contributed by atoms with E-state index >= 15 is 0 Å². The summed E-state index contributed by atoms with van der Waals surface area (Å²) in [6.07, 6.45) is 1.42. The van der Waals surface area contributed by atoms with Crippen molar-refractivity contribution in [3.8, 4) is 0 Å². The Morgan fingerprint density at radius 2 is 2.11 bits per heavy atom. The van der Waals surface area contributed by atoms with Crippen molar-refractivity contribution in [1.29, 1.82) is 0 Å². The van der Waals surface area contributed by atoms with Gasteiger partial charge in [0.05, 0.1) is 0 Å². The van der Waals surface area contributed by atoms with Crippen LogP contribution >= 0.6 is 11.8 Å². The fraction of sp³-hybridized carbons (Fsp3) is 0.300. The molecule has 19 heavy (non-hydrogen) atoms. The number of nitrogens with zero attached hydrogens (tertiary/aromatic N) is 4. The number of anilines is 1. The maximum absolute atomic E-state index is 11.3. The van der Waals surface area contributed by atoms with Crippen LogP contribution in [0.4, 0.5) is 5.82 Å². The van der Waals surface area contributed by atoms with Crippen LogP contribution in [0.15, 0.2) is 26.1 Å². The van der Waals surface area contributed by atoms with E-state index < -0.39 is 11.1 Å². The zero-order chi connectivity index (χ0) is 14.0. The van der Waals surface area contributed by atoms with Gasteiger partial charge in [0.2, 0.25) is 0 Å². The molecule has 0 aliphatic rings. The highest BCUT2D eigenvalue weighted by Gasteiger charge is 2.11. The molecule has 2 heterocycles. The fourth-order valence-electron chi connectivity index (χ4n) is 1.43. The van der Waals surface area contributed by atoms with Crippen molar-refractivity contribution in [2.45, 2.75) is 17.1 Å². The van der Waals surface area contributed by atoms with Gasteiger partial charge in [0, 0.05) is 19.7 Å². The van der Waals surface area contributed by atoms with E-state index in [1.165, 1.54) is 22.8 Å². The van der Waals surface area contributed by atoms with E-state index in [2.05, 4.69) is 25.4 Å². The Morgan fingerprint density at radius 1 is 1.37 bits per heavy atom. The van der Waals surface area contributed by atoms with Crippen molar-refractivity contribution in [3.05, 3.63) is 32.6 Å². The number of rotatable bonds is 3. The van der Waals surface area contributed by atoms with Gasteiger partial charge in [0.15, 0.2) is 5.16 Å². The van der Waals surface area contributed by atoms with Gasteiger partial charge in [-0.2, -0.15) is 4.98 Å². The molecule has 0 saturated heterocycles. The van der Waals surface area contributed by atoms with Gasteiger partial charge < -0.3 is 5.32 Å². The maximum Gasteiger partial charge on any atom is 0.339 e. The lowest BCUT2D eigenvalue weighted by molar-refractivity contribution is 0.596. The van der Waals surface area contributed by atoms with E-state index in [9.17, 15) is 9.59 Å². The van der Waals surface area contributed by atoms with Crippen molar-refractivity contribution in [2.75, 3.05) is 12.4 Å². The van der Waals surface area contributed by atoms with Gasteiger partial charge in [-0.3, -0.25) is 19.4 Å². The molecule has 0 aliphatic heterocycles. The van der Waals surface area contributed by atoms with Crippen LogP contribution in [0.25, 0.3) is 0 Å². The monoisotopic (exact) mass is 280 g/mol. The average Bonchev–Trinajstić information content (AvgIpc) is 2.38. The summed E-state index contributed by atoms with van der Waals surface area (Å²) < 4.78 is 1.38. The summed E-state index contributed by atoms with van der Waals surface area (Å²) in [7, 11) is 3.36. The third-order valence-corrected chi connectivity index (χ3v) is 3.56. The van der Waals surface area contributed by atoms with Gasteiger partial charge in [-0.25, -0.2) is 9.97 Å². The van der Waals surface area contributed by atoms with Gasteiger partial charge in [0.1, 0.15) is 17.2 Å². The lowest BCUT2D eigenvalue weighted by atomic mass is 10.3. The summed E-state index contributed by atoms with van der Waals surface area (Å²) in [6, 6.07) is 0. The Hall–Kier alpha value is -2.16. The first-order valence-electron chi connectivity index (χ1n) is 5.37. The topological polar surface area (TPSA) is 106 Å². The minimum atomic E-state index is -0.818. The molecule has 2 N–H and O–H groups in total. The molecule has 9 heteroatoms. The fourth-order valence-corrected chi connectivity index (χ4v) is 2.26. The SMILES string of the molecule is CNc1ncnc(Sc2nc(=O)c(=O)[nH]n2C)c1C. The lowest BCUT2D eigenvalue weighted by Crippen LogP contribution is -2.33. The molecule has 0 radical (unpaired) electrons. The first-order valence-corrected chi connectivity index (χ1v) is 6.19. The zero-order valence-electron chi connectivity index (χ0n) is 10.6. The van der Waals surface area contributed by atoms with Gasteiger partial charge in [0.25, 0.3) is 0 Å². The highest BCUT2D eigenvalue weighted by Crippen LogP contribution is 2.27. The van der Waals surface area contributed by atoms with Crippen molar-refractivity contribution in [2.24, 2.45) is 7.05 Å². The van der Waals surface area contributed by atoms with Crippen LogP contribution in [-0.4, -0.2) is 31.8 Å². The molecule has 100 valence electrons. The van der Waals surface area contributed by atoms with E-state index in [1.54, 1.807) is 14.1 Å². The summed E-state index contributed by atoms with van der Waals surface area (Å²) >= 11 is 1.18. The van der Waals surface area contributed by atoms with Crippen molar-refractivity contribution < 1.29 is 0 Å². The molecule has 0 amide bonds. The highest BCUT2D eigenvalue weighted by atomic mass is 32.2. The number of aromatic nitrogens is 5. The molecule has 0 saturated carbocycles. The number of aromatic amines is 1. The predicted molar refractivity (Wildman–Crippen MR) is 70.5 cm³/mol. The molecule has 0 fully saturated rings. The van der Waals surface area contributed by atoms with E-state index in [-0.39, 0.29) is 0 Å². The molecule has 2 aromatic heterocycles. The van der Waals surface area contributed by atoms with E-state index in [0.717, 1.165) is 5.56 Å². The Labute approximate surface area is 112 Å². The second-order valence-electron chi connectivity index (χ2n) is 3.70. The molecular formula is C10H12N6O2S. The minimum Gasteiger partial charge on any atom is -0.373 e. The summed E-state index contributed by atoms with van der Waals surface area (Å²) in [5.41, 5.74) is -0.723. The zero-order valence-corrected chi connectivity index (χ0v) is 11.4. The van der Waals surface area contributed by atoms with Gasteiger partial charge in [-0.1, -0.05) is 0 Å². The van der Waals surface area contributed by atoms with Crippen LogP contribution in [-0.2, 0) is 7.05 Å². The van der Waals surface area contributed by atoms with E-state index in [4.69, 9.17) is 0 Å². The smallest absolute Gasteiger partial charge is 0.339 e. The summed E-state index contributed by atoms with van der Waals surface area (Å²) in [4.78, 5) is 34.3. The van der Waals surface area contributed by atoms with Crippen molar-refractivity contribution >= 4 is 17.6 Å². The first kappa shape index (κ1) is 13.3. The lowest BCUT2D eigenvalue weighted by Gasteiger charge is -2.09. The van der Waals surface area contributed by atoms with Crippen LogP contribution < -0.4 is 16.4 Å².